The molecule has 2 atom stereocenters. The lowest BCUT2D eigenvalue weighted by Crippen LogP contribution is -2.51. The second-order valence-electron chi connectivity index (χ2n) is 9.06. The van der Waals surface area contributed by atoms with E-state index in [0.29, 0.717) is 13.2 Å². The number of benzene rings is 1. The lowest BCUT2D eigenvalue weighted by Gasteiger charge is -2.43. The number of halogens is 7. The SMILES string of the molecule is Fc1ccc(CN2CC[C@H]3OCC[C@@]3(COCc3cccnc3)C2)cc1.O=C(O)C(F)(F)F.O=C(O)C(F)(F)F. The quantitative estimate of drug-likeness (QED) is 0.471. The van der Waals surface area contributed by atoms with Crippen LogP contribution in [-0.4, -0.2) is 76.8 Å². The maximum absolute atomic E-state index is 13.1. The monoisotopic (exact) mass is 584 g/mol. The minimum atomic E-state index is -5.08. The summed E-state index contributed by atoms with van der Waals surface area (Å²) in [4.78, 5) is 24.4. The van der Waals surface area contributed by atoms with Crippen LogP contribution in [0.5, 0.6) is 0 Å². The standard InChI is InChI=1S/C21H25FN2O2.2C2HF3O2/c22-19-5-3-17(4-6-19)13-24-10-7-20-21(15-24,8-11-26-20)16-25-14-18-2-1-9-23-12-18;2*3-2(4,5)1(6)7/h1-6,9,12,20H,7-8,10-11,13-16H2;2*(H,6,7)/t20-,21+;;/m1../s1. The molecule has 2 N–H and O–H groups in total. The van der Waals surface area contributed by atoms with Crippen LogP contribution in [0.15, 0.2) is 48.8 Å². The van der Waals surface area contributed by atoms with Crippen LogP contribution < -0.4 is 0 Å². The highest BCUT2D eigenvalue weighted by Crippen LogP contribution is 2.41. The van der Waals surface area contributed by atoms with E-state index in [1.165, 1.54) is 12.1 Å². The smallest absolute Gasteiger partial charge is 0.475 e. The van der Waals surface area contributed by atoms with Crippen LogP contribution in [-0.2, 0) is 32.2 Å². The second-order valence-corrected chi connectivity index (χ2v) is 9.06. The fourth-order valence-electron chi connectivity index (χ4n) is 4.19. The average Bonchev–Trinajstić information content (AvgIpc) is 3.29. The molecule has 8 nitrogen and oxygen atoms in total. The van der Waals surface area contributed by atoms with Crippen LogP contribution in [0, 0.1) is 11.2 Å². The number of hydrogen-bond acceptors (Lipinski definition) is 6. The van der Waals surface area contributed by atoms with Gasteiger partial charge in [-0.15, -0.1) is 0 Å². The molecule has 15 heteroatoms. The highest BCUT2D eigenvalue weighted by atomic mass is 19.4. The topological polar surface area (TPSA) is 109 Å². The van der Waals surface area contributed by atoms with Crippen LogP contribution in [0.1, 0.15) is 24.0 Å². The first-order chi connectivity index (χ1) is 18.6. The molecule has 0 unspecified atom stereocenters. The number of piperidine rings is 1. The number of ether oxygens (including phenoxy) is 2. The molecule has 1 aromatic heterocycles. The number of hydrogen-bond donors (Lipinski definition) is 2. The third-order valence-corrected chi connectivity index (χ3v) is 6.03. The molecule has 222 valence electrons. The highest BCUT2D eigenvalue weighted by Gasteiger charge is 2.48. The summed E-state index contributed by atoms with van der Waals surface area (Å²) in [5.41, 5.74) is 2.30. The summed E-state index contributed by atoms with van der Waals surface area (Å²) >= 11 is 0. The Kier molecular flexibility index (Phi) is 11.8. The lowest BCUT2D eigenvalue weighted by atomic mass is 9.77. The Morgan fingerprint density at radius 1 is 1.02 bits per heavy atom. The summed E-state index contributed by atoms with van der Waals surface area (Å²) in [6.45, 7) is 4.91. The van der Waals surface area contributed by atoms with Gasteiger partial charge < -0.3 is 19.7 Å². The molecule has 2 saturated heterocycles. The third kappa shape index (κ3) is 10.7. The van der Waals surface area contributed by atoms with E-state index in [0.717, 1.165) is 50.2 Å². The van der Waals surface area contributed by atoms with Crippen molar-refractivity contribution in [1.82, 2.24) is 9.88 Å². The van der Waals surface area contributed by atoms with Crippen molar-refractivity contribution in [3.8, 4) is 0 Å². The lowest BCUT2D eigenvalue weighted by molar-refractivity contribution is -0.193. The van der Waals surface area contributed by atoms with E-state index in [-0.39, 0.29) is 17.3 Å². The predicted octanol–water partition coefficient (Wildman–Crippen LogP) is 4.69. The van der Waals surface area contributed by atoms with E-state index in [2.05, 4.69) is 9.88 Å². The van der Waals surface area contributed by atoms with E-state index < -0.39 is 24.3 Å². The van der Waals surface area contributed by atoms with E-state index >= 15 is 0 Å². The van der Waals surface area contributed by atoms with Crippen LogP contribution >= 0.6 is 0 Å². The van der Waals surface area contributed by atoms with Gasteiger partial charge in [-0.3, -0.25) is 9.88 Å². The number of carbonyl (C=O) groups is 2. The van der Waals surface area contributed by atoms with Crippen molar-refractivity contribution < 1.29 is 60.0 Å². The molecule has 0 spiro atoms. The first kappa shape index (κ1) is 32.9. The van der Waals surface area contributed by atoms with Gasteiger partial charge in [-0.05, 0) is 42.2 Å². The Balaban J connectivity index is 0.000000333. The highest BCUT2D eigenvalue weighted by molar-refractivity contribution is 5.73. The summed E-state index contributed by atoms with van der Waals surface area (Å²) < 4.78 is 88.7. The van der Waals surface area contributed by atoms with E-state index in [4.69, 9.17) is 29.3 Å². The molecule has 4 rings (SSSR count). The molecule has 2 aliphatic heterocycles. The van der Waals surface area contributed by atoms with Crippen molar-refractivity contribution in [2.45, 2.75) is 44.4 Å². The van der Waals surface area contributed by atoms with Crippen LogP contribution in [0.2, 0.25) is 0 Å². The van der Waals surface area contributed by atoms with Gasteiger partial charge in [-0.25, -0.2) is 14.0 Å². The number of rotatable bonds is 6. The molecule has 3 heterocycles. The third-order valence-electron chi connectivity index (χ3n) is 6.03. The van der Waals surface area contributed by atoms with Crippen molar-refractivity contribution in [1.29, 1.82) is 0 Å². The molecule has 1 aromatic carbocycles. The van der Waals surface area contributed by atoms with Gasteiger partial charge in [0.2, 0.25) is 0 Å². The average molecular weight is 584 g/mol. The van der Waals surface area contributed by atoms with E-state index in [1.807, 2.05) is 30.5 Å². The fourth-order valence-corrected chi connectivity index (χ4v) is 4.19. The number of nitrogens with zero attached hydrogens (tertiary/aromatic N) is 2. The molecule has 40 heavy (non-hydrogen) atoms. The first-order valence-corrected chi connectivity index (χ1v) is 11.8. The Morgan fingerprint density at radius 3 is 2.15 bits per heavy atom. The zero-order valence-electron chi connectivity index (χ0n) is 20.9. The molecular weight excluding hydrogens is 557 g/mol. The van der Waals surface area contributed by atoms with Gasteiger partial charge in [0.15, 0.2) is 0 Å². The Morgan fingerprint density at radius 2 is 1.62 bits per heavy atom. The Hall–Kier alpha value is -3.30. The van der Waals surface area contributed by atoms with Gasteiger partial charge in [-0.2, -0.15) is 26.3 Å². The molecule has 2 aromatic rings. The number of fused-ring (bicyclic) bond motifs is 1. The van der Waals surface area contributed by atoms with Gasteiger partial charge in [0.1, 0.15) is 5.82 Å². The normalized spacial score (nSPS) is 20.8. The van der Waals surface area contributed by atoms with Crippen molar-refractivity contribution >= 4 is 11.9 Å². The molecule has 0 aliphatic carbocycles. The van der Waals surface area contributed by atoms with E-state index in [1.54, 1.807) is 6.20 Å². The maximum atomic E-state index is 13.1. The van der Waals surface area contributed by atoms with Crippen molar-refractivity contribution in [2.75, 3.05) is 26.3 Å². The van der Waals surface area contributed by atoms with Crippen molar-refractivity contribution in [3.63, 3.8) is 0 Å². The zero-order valence-corrected chi connectivity index (χ0v) is 20.9. The van der Waals surface area contributed by atoms with Gasteiger partial charge in [0.25, 0.3) is 0 Å². The summed E-state index contributed by atoms with van der Waals surface area (Å²) in [7, 11) is 0. The number of carboxylic acids is 2. The van der Waals surface area contributed by atoms with Crippen molar-refractivity contribution in [3.05, 3.63) is 65.7 Å². The number of aromatic nitrogens is 1. The summed E-state index contributed by atoms with van der Waals surface area (Å²) in [5, 5.41) is 14.2. The Bertz CT molecular complexity index is 1060. The molecule has 0 bridgehead atoms. The first-order valence-electron chi connectivity index (χ1n) is 11.8. The van der Waals surface area contributed by atoms with Crippen LogP contribution in [0.25, 0.3) is 0 Å². The summed E-state index contributed by atoms with van der Waals surface area (Å²) in [5.74, 6) is -5.70. The van der Waals surface area contributed by atoms with Gasteiger partial charge in [-0.1, -0.05) is 18.2 Å². The zero-order chi connectivity index (χ0) is 30.0. The number of pyridine rings is 1. The molecule has 2 aliphatic rings. The number of alkyl halides is 6. The molecule has 0 saturated carbocycles. The predicted molar refractivity (Wildman–Crippen MR) is 124 cm³/mol. The summed E-state index contributed by atoms with van der Waals surface area (Å²) in [6.07, 6.45) is -4.21. The number of aliphatic carboxylic acids is 2. The Labute approximate surface area is 224 Å². The van der Waals surface area contributed by atoms with E-state index in [9.17, 15) is 30.7 Å². The van der Waals surface area contributed by atoms with Gasteiger partial charge >= 0.3 is 24.3 Å². The molecule has 0 radical (unpaired) electrons. The fraction of sp³-hybridized carbons (Fsp3) is 0.480. The number of likely N-dealkylation sites (tertiary alicyclic amines) is 1. The molecule has 0 amide bonds. The second kappa shape index (κ2) is 14.4. The number of carboxylic acid groups (broad SMARTS) is 2. The van der Waals surface area contributed by atoms with Gasteiger partial charge in [0, 0.05) is 44.0 Å². The molecular formula is C25H27F7N2O6. The summed E-state index contributed by atoms with van der Waals surface area (Å²) in [6, 6.07) is 10.8. The van der Waals surface area contributed by atoms with Crippen LogP contribution in [0.4, 0.5) is 30.7 Å². The minimum Gasteiger partial charge on any atom is -0.475 e. The molecule has 2 fully saturated rings. The maximum Gasteiger partial charge on any atom is 0.490 e. The largest absolute Gasteiger partial charge is 0.490 e. The van der Waals surface area contributed by atoms with Gasteiger partial charge in [0.05, 0.1) is 19.3 Å². The van der Waals surface area contributed by atoms with Crippen molar-refractivity contribution in [2.24, 2.45) is 5.41 Å². The van der Waals surface area contributed by atoms with Crippen LogP contribution in [0.3, 0.4) is 0 Å². The minimum absolute atomic E-state index is 0.0560.